The van der Waals surface area contributed by atoms with E-state index in [0.29, 0.717) is 5.69 Å². The average molecular weight is 724 g/mol. The summed E-state index contributed by atoms with van der Waals surface area (Å²) >= 11 is 0. The standard InChI is InChI=1S/2C10H7F2N2.C7H5N4.Ir/c2*1-13-4-5-14(7-13)10-3-2-8(11)6-9(10)12;1-2-4-8-6(3-1)7-5-9-11-10-7;/h2*2,4-6H,1H3;1-5H;/q3*-1;. The number of aromatic nitrogens is 8. The molecule has 0 bridgehead atoms. The Labute approximate surface area is 240 Å². The zero-order valence-electron chi connectivity index (χ0n) is 20.9. The van der Waals surface area contributed by atoms with E-state index in [1.165, 1.54) is 9.13 Å². The van der Waals surface area contributed by atoms with Crippen LogP contribution in [0.25, 0.3) is 22.8 Å². The van der Waals surface area contributed by atoms with Crippen molar-refractivity contribution in [1.82, 2.24) is 29.5 Å². The van der Waals surface area contributed by atoms with Gasteiger partial charge in [0.25, 0.3) is 0 Å². The summed E-state index contributed by atoms with van der Waals surface area (Å²) < 4.78 is 57.7. The maximum Gasteiger partial charge on any atom is 0.241 e. The van der Waals surface area contributed by atoms with Gasteiger partial charge in [-0.1, -0.05) is 12.3 Å². The van der Waals surface area contributed by atoms with Gasteiger partial charge in [-0.25, -0.2) is 0 Å². The molecule has 0 saturated heterocycles. The Kier molecular flexibility index (Phi) is 10.6. The minimum absolute atomic E-state index is 0. The fourth-order valence-electron chi connectivity index (χ4n) is 3.11. The number of aryl methyl sites for hydroxylation is 2. The van der Waals surface area contributed by atoms with E-state index >= 15 is 0 Å². The fourth-order valence-corrected chi connectivity index (χ4v) is 3.11. The second kappa shape index (κ2) is 14.1. The first-order valence-corrected chi connectivity index (χ1v) is 11.2. The average Bonchev–Trinajstić information content (AvgIpc) is 3.69. The number of hydrogen-bond acceptors (Lipinski definition) is 3. The van der Waals surface area contributed by atoms with E-state index in [9.17, 15) is 17.6 Å². The Balaban J connectivity index is 0.000000165. The second-order valence-corrected chi connectivity index (χ2v) is 7.82. The number of hydrogen-bond donors (Lipinski definition) is 0. The molecular weight excluding hydrogens is 705 g/mol. The van der Waals surface area contributed by atoms with E-state index in [2.05, 4.69) is 45.2 Å². The van der Waals surface area contributed by atoms with Gasteiger partial charge in [-0.2, -0.15) is 12.1 Å². The van der Waals surface area contributed by atoms with E-state index in [4.69, 9.17) is 0 Å². The predicted molar refractivity (Wildman–Crippen MR) is 128 cm³/mol. The molecule has 0 unspecified atom stereocenters. The summed E-state index contributed by atoms with van der Waals surface area (Å²) in [7, 11) is 3.52. The van der Waals surface area contributed by atoms with Gasteiger partial charge < -0.3 is 28.5 Å². The number of rotatable bonds is 3. The van der Waals surface area contributed by atoms with E-state index in [1.807, 2.05) is 18.2 Å². The Hall–Kier alpha value is -4.48. The molecule has 1 radical (unpaired) electrons. The van der Waals surface area contributed by atoms with Crippen LogP contribution < -0.4 is 14.2 Å². The Morgan fingerprint density at radius 2 is 1.38 bits per heavy atom. The zero-order valence-corrected chi connectivity index (χ0v) is 23.3. The van der Waals surface area contributed by atoms with Gasteiger partial charge >= 0.3 is 0 Å². The predicted octanol–water partition coefficient (Wildman–Crippen LogP) is 2.85. The van der Waals surface area contributed by atoms with Gasteiger partial charge in [-0.15, -0.1) is 24.3 Å². The molecule has 4 aromatic heterocycles. The van der Waals surface area contributed by atoms with Crippen LogP contribution in [0.3, 0.4) is 0 Å². The van der Waals surface area contributed by atoms with Crippen LogP contribution in [0.1, 0.15) is 0 Å². The van der Waals surface area contributed by atoms with Crippen LogP contribution >= 0.6 is 0 Å². The summed E-state index contributed by atoms with van der Waals surface area (Å²) in [6.07, 6.45) is 15.5. The number of nitrogens with zero attached hydrogens (tertiary/aromatic N) is 8. The summed E-state index contributed by atoms with van der Waals surface area (Å²) in [4.78, 5) is 4.08. The maximum absolute atomic E-state index is 13.2. The number of halogens is 4. The van der Waals surface area contributed by atoms with E-state index < -0.39 is 23.3 Å². The van der Waals surface area contributed by atoms with Crippen LogP contribution in [-0.4, -0.2) is 24.4 Å². The number of benzene rings is 2. The first-order chi connectivity index (χ1) is 18.8. The SMILES string of the molecule is C[n+]1[c-]n(-c2[c-]cc(F)cc2F)cc1.C[n+]1[c-]n(-c2[c-]cc(F)cc2F)cc1.[Ir].c1ccc(-c2cnn[n-]2)nc1. The Morgan fingerprint density at radius 3 is 1.75 bits per heavy atom. The molecule has 0 amide bonds. The summed E-state index contributed by atoms with van der Waals surface area (Å²) in [6, 6.07) is 14.4. The van der Waals surface area contributed by atoms with Crippen molar-refractivity contribution in [3.8, 4) is 22.8 Å². The molecule has 0 saturated carbocycles. The number of imidazole rings is 2. The molecule has 0 aliphatic heterocycles. The van der Waals surface area contributed by atoms with Crippen molar-refractivity contribution in [2.75, 3.05) is 0 Å². The van der Waals surface area contributed by atoms with Crippen molar-refractivity contribution in [2.45, 2.75) is 0 Å². The second-order valence-electron chi connectivity index (χ2n) is 7.82. The molecule has 0 N–H and O–H groups in total. The molecule has 0 fully saturated rings. The van der Waals surface area contributed by atoms with Gasteiger partial charge in [0.1, 0.15) is 0 Å². The topological polar surface area (TPSA) is 70.4 Å². The van der Waals surface area contributed by atoms with Gasteiger partial charge in [0.15, 0.2) is 0 Å². The van der Waals surface area contributed by atoms with E-state index in [0.717, 1.165) is 30.0 Å². The minimum Gasteiger partial charge on any atom is -0.358 e. The third-order valence-electron chi connectivity index (χ3n) is 4.88. The van der Waals surface area contributed by atoms with Crippen LogP contribution in [0.5, 0.6) is 0 Å². The third-order valence-corrected chi connectivity index (χ3v) is 4.88. The van der Waals surface area contributed by atoms with Crippen LogP contribution in [-0.2, 0) is 34.2 Å². The summed E-state index contributed by atoms with van der Waals surface area (Å²) in [5.74, 6) is -2.58. The minimum atomic E-state index is -0.655. The molecule has 0 aliphatic carbocycles. The Bertz CT molecular complexity index is 1550. The zero-order chi connectivity index (χ0) is 27.8. The van der Waals surface area contributed by atoms with Crippen LogP contribution in [0, 0.1) is 48.1 Å². The first-order valence-electron chi connectivity index (χ1n) is 11.2. The van der Waals surface area contributed by atoms with E-state index in [-0.39, 0.29) is 31.5 Å². The monoisotopic (exact) mass is 724 g/mol. The van der Waals surface area contributed by atoms with Crippen LogP contribution in [0.15, 0.2) is 79.6 Å². The molecule has 40 heavy (non-hydrogen) atoms. The molecule has 4 heterocycles. The van der Waals surface area contributed by atoms with Crippen molar-refractivity contribution in [1.29, 1.82) is 0 Å². The van der Waals surface area contributed by atoms with Crippen molar-refractivity contribution in [3.05, 3.63) is 128 Å². The molecule has 8 nitrogen and oxygen atoms in total. The van der Waals surface area contributed by atoms with Crippen molar-refractivity contribution >= 4 is 0 Å². The molecule has 207 valence electrons. The van der Waals surface area contributed by atoms with Gasteiger partial charge in [-0.3, -0.25) is 27.8 Å². The van der Waals surface area contributed by atoms with Crippen molar-refractivity contribution in [3.63, 3.8) is 0 Å². The van der Waals surface area contributed by atoms with Crippen molar-refractivity contribution < 1.29 is 46.8 Å². The number of pyridine rings is 1. The normalized spacial score (nSPS) is 10.1. The van der Waals surface area contributed by atoms with Gasteiger partial charge in [0, 0.05) is 74.4 Å². The Morgan fingerprint density at radius 1 is 0.825 bits per heavy atom. The molecule has 13 heteroatoms. The van der Waals surface area contributed by atoms with Crippen LogP contribution in [0.2, 0.25) is 0 Å². The van der Waals surface area contributed by atoms with E-state index in [1.54, 1.807) is 60.4 Å². The molecule has 6 aromatic rings. The third kappa shape index (κ3) is 8.01. The summed E-state index contributed by atoms with van der Waals surface area (Å²) in [6.45, 7) is 0. The van der Waals surface area contributed by atoms with Crippen LogP contribution in [0.4, 0.5) is 17.6 Å². The smallest absolute Gasteiger partial charge is 0.241 e. The molecule has 0 spiro atoms. The molecule has 0 aliphatic rings. The van der Waals surface area contributed by atoms with Gasteiger partial charge in [0.05, 0.1) is 19.8 Å². The molecule has 6 rings (SSSR count). The quantitative estimate of drug-likeness (QED) is 0.160. The van der Waals surface area contributed by atoms with Crippen molar-refractivity contribution in [2.24, 2.45) is 14.1 Å². The molecular formula is C27H19F4IrN8-3. The summed E-state index contributed by atoms with van der Waals surface area (Å²) in [5.41, 5.74) is 1.84. The fraction of sp³-hybridized carbons (Fsp3) is 0.0741. The largest absolute Gasteiger partial charge is 0.358 e. The first kappa shape index (κ1) is 30.1. The molecule has 2 aromatic carbocycles. The maximum atomic E-state index is 13.2. The summed E-state index contributed by atoms with van der Waals surface area (Å²) in [5, 5.41) is 10.8. The van der Waals surface area contributed by atoms with Gasteiger partial charge in [0.2, 0.25) is 12.7 Å². The van der Waals surface area contributed by atoms with Gasteiger partial charge in [-0.05, 0) is 29.2 Å². The molecule has 0 atom stereocenters.